The third kappa shape index (κ3) is 4.16. The highest BCUT2D eigenvalue weighted by atomic mass is 16.5. The number of rotatable bonds is 6. The van der Waals surface area contributed by atoms with Gasteiger partial charge in [-0.2, -0.15) is 0 Å². The molecule has 0 unspecified atom stereocenters. The molecule has 0 aliphatic heterocycles. The van der Waals surface area contributed by atoms with E-state index in [0.717, 1.165) is 11.3 Å². The van der Waals surface area contributed by atoms with E-state index in [1.54, 1.807) is 36.4 Å². The van der Waals surface area contributed by atoms with Gasteiger partial charge in [0.1, 0.15) is 23.9 Å². The topological polar surface area (TPSA) is 58.9 Å². The molecule has 0 aliphatic rings. The lowest BCUT2D eigenvalue weighted by Crippen LogP contribution is -2.30. The Labute approximate surface area is 141 Å². The van der Waals surface area contributed by atoms with Crippen molar-refractivity contribution >= 4 is 12.6 Å². The first-order valence-electron chi connectivity index (χ1n) is 7.62. The monoisotopic (exact) mass is 320 g/mol. The third-order valence-electron chi connectivity index (χ3n) is 3.50. The Kier molecular flexibility index (Phi) is 5.16. The largest absolute Gasteiger partial charge is 0.492 e. The van der Waals surface area contributed by atoms with Gasteiger partial charge in [0.15, 0.2) is 0 Å². The van der Waals surface area contributed by atoms with Crippen LogP contribution in [0.15, 0.2) is 78.9 Å². The lowest BCUT2D eigenvalue weighted by atomic mass is 9.79. The van der Waals surface area contributed by atoms with Crippen LogP contribution in [0.25, 0.3) is 0 Å². The first-order chi connectivity index (χ1) is 11.7. The SMILES string of the molecule is OB(O)c1ccccc1Oc1ccc(OCc2ccccc2)cc1. The second-order valence-electron chi connectivity index (χ2n) is 5.26. The zero-order chi connectivity index (χ0) is 16.8. The fraction of sp³-hybridized carbons (Fsp3) is 0.0526. The Morgan fingerprint density at radius 3 is 2.04 bits per heavy atom. The van der Waals surface area contributed by atoms with Gasteiger partial charge in [-0.15, -0.1) is 0 Å². The van der Waals surface area contributed by atoms with E-state index in [0.29, 0.717) is 23.6 Å². The van der Waals surface area contributed by atoms with Crippen molar-refractivity contribution in [2.75, 3.05) is 0 Å². The normalized spacial score (nSPS) is 10.2. The van der Waals surface area contributed by atoms with Crippen molar-refractivity contribution in [1.29, 1.82) is 0 Å². The summed E-state index contributed by atoms with van der Waals surface area (Å²) in [5.41, 5.74) is 1.42. The quantitative estimate of drug-likeness (QED) is 0.686. The van der Waals surface area contributed by atoms with Crippen molar-refractivity contribution < 1.29 is 19.5 Å². The van der Waals surface area contributed by atoms with Gasteiger partial charge in [-0.25, -0.2) is 0 Å². The molecular formula is C19H17BO4. The minimum atomic E-state index is -1.57. The molecule has 0 heterocycles. The minimum absolute atomic E-state index is 0.321. The van der Waals surface area contributed by atoms with Crippen LogP contribution in [0.3, 0.4) is 0 Å². The summed E-state index contributed by atoms with van der Waals surface area (Å²) in [6, 6.07) is 23.9. The maximum absolute atomic E-state index is 9.36. The van der Waals surface area contributed by atoms with Crippen molar-refractivity contribution in [3.05, 3.63) is 84.4 Å². The van der Waals surface area contributed by atoms with Gasteiger partial charge in [-0.3, -0.25) is 0 Å². The van der Waals surface area contributed by atoms with E-state index in [-0.39, 0.29) is 0 Å². The molecule has 24 heavy (non-hydrogen) atoms. The number of hydrogen-bond acceptors (Lipinski definition) is 4. The minimum Gasteiger partial charge on any atom is -0.489 e. The van der Waals surface area contributed by atoms with Crippen molar-refractivity contribution in [1.82, 2.24) is 0 Å². The Morgan fingerprint density at radius 1 is 0.708 bits per heavy atom. The molecule has 3 aromatic carbocycles. The van der Waals surface area contributed by atoms with Crippen LogP contribution in [-0.2, 0) is 6.61 Å². The summed E-state index contributed by atoms with van der Waals surface area (Å²) in [5.74, 6) is 1.74. The van der Waals surface area contributed by atoms with Crippen LogP contribution in [0.4, 0.5) is 0 Å². The highest BCUT2D eigenvalue weighted by Crippen LogP contribution is 2.23. The molecule has 0 bridgehead atoms. The lowest BCUT2D eigenvalue weighted by molar-refractivity contribution is 0.306. The molecule has 0 aliphatic carbocycles. The smallest absolute Gasteiger partial charge is 0.489 e. The van der Waals surface area contributed by atoms with Crippen LogP contribution >= 0.6 is 0 Å². The van der Waals surface area contributed by atoms with E-state index in [1.807, 2.05) is 42.5 Å². The predicted molar refractivity (Wildman–Crippen MR) is 93.6 cm³/mol. The fourth-order valence-electron chi connectivity index (χ4n) is 2.26. The van der Waals surface area contributed by atoms with Gasteiger partial charge >= 0.3 is 7.12 Å². The van der Waals surface area contributed by atoms with Gasteiger partial charge in [0.2, 0.25) is 0 Å². The summed E-state index contributed by atoms with van der Waals surface area (Å²) < 4.78 is 11.4. The van der Waals surface area contributed by atoms with Gasteiger partial charge < -0.3 is 19.5 Å². The Bertz CT molecular complexity index is 773. The fourth-order valence-corrected chi connectivity index (χ4v) is 2.26. The van der Waals surface area contributed by atoms with Gasteiger partial charge in [-0.05, 0) is 35.9 Å². The molecule has 0 saturated carbocycles. The molecule has 3 aromatic rings. The summed E-state index contributed by atoms with van der Waals surface area (Å²) in [5, 5.41) is 18.7. The molecule has 2 N–H and O–H groups in total. The van der Waals surface area contributed by atoms with Crippen LogP contribution in [0.5, 0.6) is 17.2 Å². The molecule has 5 heteroatoms. The molecule has 0 fully saturated rings. The van der Waals surface area contributed by atoms with Gasteiger partial charge in [-0.1, -0.05) is 48.5 Å². The standard InChI is InChI=1S/C19H17BO4/c21-20(22)18-8-4-5-9-19(18)24-17-12-10-16(11-13-17)23-14-15-6-2-1-3-7-15/h1-13,21-22H,14H2. The van der Waals surface area contributed by atoms with E-state index in [9.17, 15) is 10.0 Å². The zero-order valence-electron chi connectivity index (χ0n) is 13.0. The van der Waals surface area contributed by atoms with Crippen molar-refractivity contribution in [2.45, 2.75) is 6.61 Å². The van der Waals surface area contributed by atoms with Crippen molar-refractivity contribution in [3.63, 3.8) is 0 Å². The van der Waals surface area contributed by atoms with Crippen LogP contribution in [0, 0.1) is 0 Å². The number of benzene rings is 3. The molecule has 0 amide bonds. The molecule has 3 rings (SSSR count). The van der Waals surface area contributed by atoms with E-state index >= 15 is 0 Å². The summed E-state index contributed by atoms with van der Waals surface area (Å²) in [6.45, 7) is 0.501. The maximum Gasteiger partial charge on any atom is 0.492 e. The molecule has 0 radical (unpaired) electrons. The average Bonchev–Trinajstić information content (AvgIpc) is 2.62. The molecule has 4 nitrogen and oxygen atoms in total. The highest BCUT2D eigenvalue weighted by molar-refractivity contribution is 6.59. The van der Waals surface area contributed by atoms with Crippen molar-refractivity contribution in [2.24, 2.45) is 0 Å². The summed E-state index contributed by atoms with van der Waals surface area (Å²) in [6.07, 6.45) is 0. The van der Waals surface area contributed by atoms with Gasteiger partial charge in [0.25, 0.3) is 0 Å². The summed E-state index contributed by atoms with van der Waals surface area (Å²) in [7, 11) is -1.57. The first kappa shape index (κ1) is 16.1. The molecule has 0 atom stereocenters. The summed E-state index contributed by atoms with van der Waals surface area (Å²) >= 11 is 0. The van der Waals surface area contributed by atoms with E-state index in [1.165, 1.54) is 0 Å². The third-order valence-corrected chi connectivity index (χ3v) is 3.50. The molecule has 120 valence electrons. The van der Waals surface area contributed by atoms with Crippen LogP contribution in [0.1, 0.15) is 5.56 Å². The second-order valence-corrected chi connectivity index (χ2v) is 5.26. The zero-order valence-corrected chi connectivity index (χ0v) is 13.0. The first-order valence-corrected chi connectivity index (χ1v) is 7.62. The summed E-state index contributed by atoms with van der Waals surface area (Å²) in [4.78, 5) is 0. The lowest BCUT2D eigenvalue weighted by Gasteiger charge is -2.11. The van der Waals surface area contributed by atoms with Crippen molar-refractivity contribution in [3.8, 4) is 17.2 Å². The second kappa shape index (κ2) is 7.68. The molecular weight excluding hydrogens is 303 g/mol. The maximum atomic E-state index is 9.36. The molecule has 0 spiro atoms. The van der Waals surface area contributed by atoms with E-state index in [2.05, 4.69) is 0 Å². The van der Waals surface area contributed by atoms with Crippen LogP contribution < -0.4 is 14.9 Å². The number of hydrogen-bond donors (Lipinski definition) is 2. The van der Waals surface area contributed by atoms with Gasteiger partial charge in [0.05, 0.1) is 0 Å². The number of para-hydroxylation sites is 1. The Morgan fingerprint density at radius 2 is 1.33 bits per heavy atom. The highest BCUT2D eigenvalue weighted by Gasteiger charge is 2.16. The van der Waals surface area contributed by atoms with Crippen LogP contribution in [-0.4, -0.2) is 17.2 Å². The van der Waals surface area contributed by atoms with E-state index < -0.39 is 7.12 Å². The van der Waals surface area contributed by atoms with Crippen LogP contribution in [0.2, 0.25) is 0 Å². The predicted octanol–water partition coefficient (Wildman–Crippen LogP) is 2.74. The Hall–Kier alpha value is -2.76. The Balaban J connectivity index is 1.65. The number of ether oxygens (including phenoxy) is 2. The molecule has 0 aromatic heterocycles. The van der Waals surface area contributed by atoms with E-state index in [4.69, 9.17) is 9.47 Å². The average molecular weight is 320 g/mol. The molecule has 0 saturated heterocycles. The van der Waals surface area contributed by atoms with Gasteiger partial charge in [0, 0.05) is 5.46 Å².